The summed E-state index contributed by atoms with van der Waals surface area (Å²) in [5.41, 5.74) is 4.47. The van der Waals surface area contributed by atoms with Gasteiger partial charge in [-0.3, -0.25) is 4.79 Å². The highest BCUT2D eigenvalue weighted by molar-refractivity contribution is 8.01. The summed E-state index contributed by atoms with van der Waals surface area (Å²) in [5, 5.41) is 12.3. The predicted octanol–water partition coefficient (Wildman–Crippen LogP) is 6.33. The van der Waals surface area contributed by atoms with Crippen LogP contribution in [0, 0.1) is 5.92 Å². The fourth-order valence-corrected chi connectivity index (χ4v) is 6.60. The lowest BCUT2D eigenvalue weighted by atomic mass is 9.91. The predicted molar refractivity (Wildman–Crippen MR) is 144 cm³/mol. The first-order valence-corrected chi connectivity index (χ1v) is 13.7. The summed E-state index contributed by atoms with van der Waals surface area (Å²) in [6.45, 7) is 3.64. The van der Waals surface area contributed by atoms with Gasteiger partial charge in [0.2, 0.25) is 5.91 Å². The highest BCUT2D eigenvalue weighted by Crippen LogP contribution is 2.43. The molecule has 1 aromatic heterocycles. The van der Waals surface area contributed by atoms with E-state index in [1.54, 1.807) is 23.1 Å². The Morgan fingerprint density at radius 1 is 1.06 bits per heavy atom. The van der Waals surface area contributed by atoms with Gasteiger partial charge in [-0.2, -0.15) is 0 Å². The van der Waals surface area contributed by atoms with E-state index in [1.165, 1.54) is 11.6 Å². The monoisotopic (exact) mass is 520 g/mol. The molecule has 0 radical (unpaired) electrons. The van der Waals surface area contributed by atoms with Crippen molar-refractivity contribution in [3.05, 3.63) is 89.5 Å². The number of rotatable bonds is 7. The Morgan fingerprint density at radius 3 is 2.61 bits per heavy atom. The van der Waals surface area contributed by atoms with E-state index in [2.05, 4.69) is 18.3 Å². The molecule has 8 heteroatoms. The van der Waals surface area contributed by atoms with Gasteiger partial charge in [0.25, 0.3) is 0 Å². The van der Waals surface area contributed by atoms with Crippen molar-refractivity contribution in [2.75, 3.05) is 11.1 Å². The van der Waals surface area contributed by atoms with Crippen LogP contribution in [0.5, 0.6) is 0 Å². The second-order valence-electron chi connectivity index (χ2n) is 8.89. The summed E-state index contributed by atoms with van der Waals surface area (Å²) in [6.07, 6.45) is -0.868. The number of para-hydroxylation sites is 1. The number of hydrogen-bond acceptors (Lipinski definition) is 7. The number of aliphatic hydroxyl groups is 1. The van der Waals surface area contributed by atoms with Gasteiger partial charge < -0.3 is 19.9 Å². The number of aromatic nitrogens is 1. The Hall–Kier alpha value is -2.75. The maximum Gasteiger partial charge on any atom is 0.221 e. The number of thioether (sulfide) groups is 1. The molecule has 1 saturated heterocycles. The number of carbonyl (C=O) groups excluding carboxylic acids is 1. The van der Waals surface area contributed by atoms with Crippen LogP contribution in [0.2, 0.25) is 0 Å². The van der Waals surface area contributed by atoms with E-state index in [4.69, 9.17) is 14.5 Å². The summed E-state index contributed by atoms with van der Waals surface area (Å²) >= 11 is 3.40. The minimum atomic E-state index is -0.585. The van der Waals surface area contributed by atoms with E-state index in [0.29, 0.717) is 5.69 Å². The number of ether oxygens (including phenoxy) is 2. The maximum atomic E-state index is 11.6. The lowest BCUT2D eigenvalue weighted by molar-refractivity contribution is -0.268. The molecule has 2 N–H and O–H groups in total. The lowest BCUT2D eigenvalue weighted by Gasteiger charge is -2.41. The van der Waals surface area contributed by atoms with E-state index < -0.39 is 6.29 Å². The zero-order chi connectivity index (χ0) is 25.1. The fraction of sp³-hybridized carbons (Fsp3) is 0.286. The fourth-order valence-electron chi connectivity index (χ4n) is 4.34. The molecule has 0 saturated carbocycles. The van der Waals surface area contributed by atoms with Crippen LogP contribution in [0.1, 0.15) is 42.9 Å². The van der Waals surface area contributed by atoms with E-state index in [-0.39, 0.29) is 30.6 Å². The number of amides is 1. The van der Waals surface area contributed by atoms with Crippen molar-refractivity contribution in [2.45, 2.75) is 43.3 Å². The number of nitrogens with one attached hydrogen (secondary N) is 1. The van der Waals surface area contributed by atoms with Crippen molar-refractivity contribution in [3.63, 3.8) is 0 Å². The third-order valence-corrected chi connectivity index (χ3v) is 8.52. The van der Waals surface area contributed by atoms with Gasteiger partial charge in [-0.15, -0.1) is 11.3 Å². The molecule has 1 amide bonds. The molecule has 0 aliphatic carbocycles. The number of benzene rings is 3. The highest BCUT2D eigenvalue weighted by atomic mass is 32.2. The van der Waals surface area contributed by atoms with Crippen LogP contribution in [-0.2, 0) is 20.9 Å². The number of nitrogens with zero attached hydrogens (tertiary/aromatic N) is 1. The van der Waals surface area contributed by atoms with E-state index >= 15 is 0 Å². The van der Waals surface area contributed by atoms with E-state index in [1.807, 2.05) is 66.7 Å². The molecule has 4 unspecified atom stereocenters. The number of anilines is 1. The Kier molecular flexibility index (Phi) is 7.69. The van der Waals surface area contributed by atoms with Crippen molar-refractivity contribution in [1.82, 2.24) is 4.98 Å². The average Bonchev–Trinajstić information content (AvgIpc) is 3.31. The SMILES string of the molecule is CC(=O)Nc1cccc(C2OC(CSc3nc4ccccc4s3)C(C)C(c3ccc(CO)cc3)O2)c1. The molecule has 2 heterocycles. The van der Waals surface area contributed by atoms with Crippen LogP contribution in [0.15, 0.2) is 77.1 Å². The van der Waals surface area contributed by atoms with Crippen molar-refractivity contribution in [1.29, 1.82) is 0 Å². The Bertz CT molecular complexity index is 1310. The second-order valence-corrected chi connectivity index (χ2v) is 11.2. The number of fused-ring (bicyclic) bond motifs is 1. The molecule has 1 aliphatic heterocycles. The zero-order valence-electron chi connectivity index (χ0n) is 20.1. The number of thiazole rings is 1. The van der Waals surface area contributed by atoms with Crippen LogP contribution in [0.3, 0.4) is 0 Å². The summed E-state index contributed by atoms with van der Waals surface area (Å²) in [6, 6.07) is 23.6. The molecule has 5 rings (SSSR count). The first-order valence-electron chi connectivity index (χ1n) is 11.9. The Balaban J connectivity index is 1.40. The topological polar surface area (TPSA) is 80.7 Å². The molecule has 6 nitrogen and oxygen atoms in total. The van der Waals surface area contributed by atoms with Crippen LogP contribution in [0.4, 0.5) is 5.69 Å². The molecule has 0 spiro atoms. The van der Waals surface area contributed by atoms with Crippen LogP contribution >= 0.6 is 23.1 Å². The van der Waals surface area contributed by atoms with Gasteiger partial charge in [-0.1, -0.05) is 67.2 Å². The highest BCUT2D eigenvalue weighted by Gasteiger charge is 2.38. The smallest absolute Gasteiger partial charge is 0.221 e. The zero-order valence-corrected chi connectivity index (χ0v) is 21.7. The van der Waals surface area contributed by atoms with E-state index in [0.717, 1.165) is 32.3 Å². The van der Waals surface area contributed by atoms with Crippen LogP contribution in [-0.4, -0.2) is 27.9 Å². The third kappa shape index (κ3) is 5.63. The van der Waals surface area contributed by atoms with Gasteiger partial charge in [0, 0.05) is 29.8 Å². The van der Waals surface area contributed by atoms with Gasteiger partial charge in [0.1, 0.15) is 0 Å². The first-order chi connectivity index (χ1) is 17.5. The molecule has 1 fully saturated rings. The second kappa shape index (κ2) is 11.1. The molecular weight excluding hydrogens is 492 g/mol. The van der Waals surface area contributed by atoms with Gasteiger partial charge in [-0.25, -0.2) is 4.98 Å². The molecule has 4 atom stereocenters. The molecule has 186 valence electrons. The van der Waals surface area contributed by atoms with Crippen molar-refractivity contribution < 1.29 is 19.4 Å². The normalized spacial score (nSPS) is 22.0. The maximum absolute atomic E-state index is 11.6. The third-order valence-electron chi connectivity index (χ3n) is 6.25. The number of carbonyl (C=O) groups is 1. The Labute approximate surface area is 218 Å². The minimum absolute atomic E-state index is 0.00443. The van der Waals surface area contributed by atoms with Crippen molar-refractivity contribution in [2.24, 2.45) is 5.92 Å². The molecule has 3 aromatic carbocycles. The lowest BCUT2D eigenvalue weighted by Crippen LogP contribution is -2.38. The quantitative estimate of drug-likeness (QED) is 0.277. The standard InChI is InChI=1S/C28H28N2O4S2/c1-17-24(16-35-28-30-23-8-3-4-9-25(23)36-28)33-27(21-6-5-7-22(14-21)29-18(2)32)34-26(17)20-12-10-19(15-31)11-13-20/h3-14,17,24,26-27,31H,15-16H2,1-2H3,(H,29,32). The molecule has 0 bridgehead atoms. The average molecular weight is 521 g/mol. The minimum Gasteiger partial charge on any atom is -0.392 e. The molecular formula is C28H28N2O4S2. The van der Waals surface area contributed by atoms with Gasteiger partial charge in [0.05, 0.1) is 29.0 Å². The Morgan fingerprint density at radius 2 is 1.86 bits per heavy atom. The largest absolute Gasteiger partial charge is 0.392 e. The summed E-state index contributed by atoms with van der Waals surface area (Å²) < 4.78 is 15.2. The van der Waals surface area contributed by atoms with Crippen LogP contribution in [0.25, 0.3) is 10.2 Å². The molecule has 1 aliphatic rings. The van der Waals surface area contributed by atoms with Crippen LogP contribution < -0.4 is 5.32 Å². The molecule has 36 heavy (non-hydrogen) atoms. The summed E-state index contributed by atoms with van der Waals surface area (Å²) in [5.74, 6) is 0.692. The van der Waals surface area contributed by atoms with Gasteiger partial charge in [0.15, 0.2) is 10.6 Å². The molecule has 4 aromatic rings. The number of aliphatic hydroxyl groups excluding tert-OH is 1. The van der Waals surface area contributed by atoms with E-state index in [9.17, 15) is 9.90 Å². The van der Waals surface area contributed by atoms with Gasteiger partial charge in [-0.05, 0) is 35.4 Å². The summed E-state index contributed by atoms with van der Waals surface area (Å²) in [7, 11) is 0. The van der Waals surface area contributed by atoms with Gasteiger partial charge >= 0.3 is 0 Å². The number of hydrogen-bond donors (Lipinski definition) is 2. The first kappa shape index (κ1) is 24.9. The van der Waals surface area contributed by atoms with Crippen molar-refractivity contribution in [3.8, 4) is 0 Å². The van der Waals surface area contributed by atoms with Crippen molar-refractivity contribution >= 4 is 44.9 Å². The summed E-state index contributed by atoms with van der Waals surface area (Å²) in [4.78, 5) is 16.3.